The number of carbonyl (C=O) groups excluding carboxylic acids is 1. The molecule has 1 spiro atoms. The lowest BCUT2D eigenvalue weighted by molar-refractivity contribution is -0.142. The molecule has 2 saturated heterocycles. The Balaban J connectivity index is 0.00000154. The van der Waals surface area contributed by atoms with E-state index >= 15 is 0 Å². The number of fused-ring (bicyclic) bond motifs is 4. The van der Waals surface area contributed by atoms with Gasteiger partial charge in [-0.05, 0) is 54.7 Å². The average Bonchev–Trinajstić information content (AvgIpc) is 3.62. The predicted octanol–water partition coefficient (Wildman–Crippen LogP) is -1.66. The molecular weight excluding hydrogens is 533 g/mol. The number of likely N-dealkylation sites (tertiary alicyclic amines) is 1. The van der Waals surface area contributed by atoms with E-state index in [9.17, 15) is 4.79 Å². The molecule has 212 valence electrons. The Morgan fingerprint density at radius 1 is 0.923 bits per heavy atom. The zero-order valence-electron chi connectivity index (χ0n) is 22.5. The standard InChI is InChI=1S/C31H39N3O3.2ClH/c35-30(26-17-33-19-31(26)18-32-16-24-25(31)11-12-28-29(24)37-20-36-28)34-14-13-23(21-7-3-1-4-8-21)15-27(34)22-9-5-2-6-10-22;;/h1,3-4,7-8,11-12,22-23,26-27,32-33H,2,5-6,9-10,13-20H2;2*1H/p-2/t23-,26+,27+,31+;;/m1../s1. The quantitative estimate of drug-likeness (QED) is 0.462. The molecule has 39 heavy (non-hydrogen) atoms. The second-order valence-electron chi connectivity index (χ2n) is 11.9. The van der Waals surface area contributed by atoms with Crippen LogP contribution in [0.1, 0.15) is 67.6 Å². The molecule has 6 nitrogen and oxygen atoms in total. The van der Waals surface area contributed by atoms with Crippen molar-refractivity contribution in [2.45, 2.75) is 68.9 Å². The first-order valence-corrected chi connectivity index (χ1v) is 14.4. The third-order valence-electron chi connectivity index (χ3n) is 10.1. The molecule has 0 radical (unpaired) electrons. The van der Waals surface area contributed by atoms with Gasteiger partial charge in [-0.25, -0.2) is 0 Å². The third-order valence-corrected chi connectivity index (χ3v) is 10.1. The molecule has 2 aromatic rings. The lowest BCUT2D eigenvalue weighted by atomic mass is 9.67. The summed E-state index contributed by atoms with van der Waals surface area (Å²) >= 11 is 0. The van der Waals surface area contributed by atoms with E-state index in [0.717, 1.165) is 57.1 Å². The first-order chi connectivity index (χ1) is 18.2. The molecule has 7 rings (SSSR count). The van der Waals surface area contributed by atoms with Crippen molar-refractivity contribution < 1.29 is 39.1 Å². The van der Waals surface area contributed by atoms with Crippen molar-refractivity contribution in [2.24, 2.45) is 11.8 Å². The Kier molecular flexibility index (Phi) is 8.68. The fourth-order valence-corrected chi connectivity index (χ4v) is 8.19. The van der Waals surface area contributed by atoms with Gasteiger partial charge in [0.1, 0.15) is 0 Å². The first-order valence-electron chi connectivity index (χ1n) is 14.4. The molecule has 0 unspecified atom stereocenters. The van der Waals surface area contributed by atoms with Crippen LogP contribution in [0, 0.1) is 11.8 Å². The van der Waals surface area contributed by atoms with Crippen LogP contribution in [0.4, 0.5) is 0 Å². The number of nitrogens with one attached hydrogen (secondary N) is 2. The highest BCUT2D eigenvalue weighted by Gasteiger charge is 2.53. The maximum atomic E-state index is 14.6. The lowest BCUT2D eigenvalue weighted by Gasteiger charge is -2.48. The van der Waals surface area contributed by atoms with Crippen LogP contribution in [0.3, 0.4) is 0 Å². The Morgan fingerprint density at radius 3 is 2.54 bits per heavy atom. The number of hydrogen-bond acceptors (Lipinski definition) is 5. The van der Waals surface area contributed by atoms with Gasteiger partial charge in [0, 0.05) is 49.7 Å². The van der Waals surface area contributed by atoms with Crippen LogP contribution in [-0.4, -0.2) is 49.8 Å². The zero-order valence-corrected chi connectivity index (χ0v) is 24.0. The molecule has 4 heterocycles. The topological polar surface area (TPSA) is 62.8 Å². The molecule has 0 bridgehead atoms. The van der Waals surface area contributed by atoms with Gasteiger partial charge in [0.25, 0.3) is 0 Å². The van der Waals surface area contributed by atoms with E-state index < -0.39 is 0 Å². The van der Waals surface area contributed by atoms with E-state index in [1.165, 1.54) is 48.8 Å². The summed E-state index contributed by atoms with van der Waals surface area (Å²) in [7, 11) is 0. The molecule has 1 saturated carbocycles. The fourth-order valence-electron chi connectivity index (χ4n) is 8.19. The highest BCUT2D eigenvalue weighted by Crippen LogP contribution is 2.48. The highest BCUT2D eigenvalue weighted by molar-refractivity contribution is 5.83. The van der Waals surface area contributed by atoms with E-state index in [2.05, 4.69) is 51.9 Å². The minimum atomic E-state index is -0.251. The van der Waals surface area contributed by atoms with Gasteiger partial charge in [0.2, 0.25) is 12.7 Å². The highest BCUT2D eigenvalue weighted by atomic mass is 35.5. The van der Waals surface area contributed by atoms with Crippen LogP contribution in [0.25, 0.3) is 0 Å². The summed E-state index contributed by atoms with van der Waals surface area (Å²) in [6.45, 7) is 4.28. The molecule has 2 N–H and O–H groups in total. The van der Waals surface area contributed by atoms with Crippen molar-refractivity contribution in [3.8, 4) is 11.5 Å². The summed E-state index contributed by atoms with van der Waals surface area (Å²) < 4.78 is 11.6. The number of benzene rings is 2. The van der Waals surface area contributed by atoms with E-state index in [1.54, 1.807) is 0 Å². The number of ether oxygens (including phenoxy) is 2. The lowest BCUT2D eigenvalue weighted by Crippen LogP contribution is -3.00. The number of halogens is 2. The molecule has 0 aromatic heterocycles. The fraction of sp³-hybridized carbons (Fsp3) is 0.581. The van der Waals surface area contributed by atoms with E-state index in [-0.39, 0.29) is 42.9 Å². The second-order valence-corrected chi connectivity index (χ2v) is 11.9. The van der Waals surface area contributed by atoms with Crippen LogP contribution in [0.15, 0.2) is 42.5 Å². The van der Waals surface area contributed by atoms with Gasteiger partial charge in [-0.1, -0.05) is 55.7 Å². The van der Waals surface area contributed by atoms with Crippen LogP contribution >= 0.6 is 0 Å². The summed E-state index contributed by atoms with van der Waals surface area (Å²) in [6, 6.07) is 15.6. The van der Waals surface area contributed by atoms with Gasteiger partial charge in [-0.3, -0.25) is 4.79 Å². The van der Waals surface area contributed by atoms with Gasteiger partial charge >= 0.3 is 0 Å². The van der Waals surface area contributed by atoms with Gasteiger partial charge in [0.15, 0.2) is 11.5 Å². The van der Waals surface area contributed by atoms with E-state index in [4.69, 9.17) is 9.47 Å². The third kappa shape index (κ3) is 4.92. The van der Waals surface area contributed by atoms with Crippen molar-refractivity contribution in [1.82, 2.24) is 15.5 Å². The Bertz CT molecular complexity index is 1160. The first kappa shape index (κ1) is 28.5. The molecule has 1 aliphatic carbocycles. The summed E-state index contributed by atoms with van der Waals surface area (Å²) in [6.07, 6.45) is 8.63. The van der Waals surface area contributed by atoms with Gasteiger partial charge in [-0.2, -0.15) is 0 Å². The number of amides is 1. The van der Waals surface area contributed by atoms with Crippen LogP contribution in [0.2, 0.25) is 0 Å². The minimum Gasteiger partial charge on any atom is -1.00 e. The number of nitrogens with zero attached hydrogens (tertiary/aromatic N) is 1. The number of hydrogen-bond donors (Lipinski definition) is 2. The summed E-state index contributed by atoms with van der Waals surface area (Å²) in [5.74, 6) is 3.15. The molecule has 8 heteroatoms. The van der Waals surface area contributed by atoms with Gasteiger partial charge in [0.05, 0.1) is 5.92 Å². The second kappa shape index (κ2) is 11.9. The summed E-state index contributed by atoms with van der Waals surface area (Å²) in [4.78, 5) is 17.0. The smallest absolute Gasteiger partial charge is 0.231 e. The SMILES string of the molecule is O=C([C@@H]1CNC[C@]12CNCc1c2ccc2c1OCO2)N1CC[C@@H](c2ccccc2)C[C@H]1C1CCCCC1.[Cl-].[Cl-]. The number of piperidine rings is 1. The monoisotopic (exact) mass is 571 g/mol. The molecule has 5 aliphatic rings. The Hall–Kier alpha value is -1.99. The molecule has 1 amide bonds. The maximum absolute atomic E-state index is 14.6. The van der Waals surface area contributed by atoms with Crippen molar-refractivity contribution in [3.05, 3.63) is 59.2 Å². The van der Waals surface area contributed by atoms with Gasteiger partial charge in [-0.15, -0.1) is 0 Å². The predicted molar refractivity (Wildman–Crippen MR) is 143 cm³/mol. The number of rotatable bonds is 3. The summed E-state index contributed by atoms with van der Waals surface area (Å²) in [5.41, 5.74) is 3.64. The van der Waals surface area contributed by atoms with Crippen molar-refractivity contribution in [2.75, 3.05) is 33.0 Å². The molecule has 2 aromatic carbocycles. The van der Waals surface area contributed by atoms with Crippen molar-refractivity contribution >= 4 is 5.91 Å². The molecule has 3 fully saturated rings. The largest absolute Gasteiger partial charge is 1.00 e. The molecule has 4 atom stereocenters. The average molecular weight is 573 g/mol. The maximum Gasteiger partial charge on any atom is 0.231 e. The Morgan fingerprint density at radius 2 is 1.72 bits per heavy atom. The number of carbonyl (C=O) groups is 1. The molecular formula is C31H39Cl2N3O3-2. The minimum absolute atomic E-state index is 0. The van der Waals surface area contributed by atoms with E-state index in [1.807, 2.05) is 6.07 Å². The van der Waals surface area contributed by atoms with E-state index in [0.29, 0.717) is 23.8 Å². The van der Waals surface area contributed by atoms with Crippen LogP contribution in [-0.2, 0) is 16.8 Å². The summed E-state index contributed by atoms with van der Waals surface area (Å²) in [5, 5.41) is 7.28. The van der Waals surface area contributed by atoms with Crippen LogP contribution < -0.4 is 44.9 Å². The van der Waals surface area contributed by atoms with Crippen molar-refractivity contribution in [1.29, 1.82) is 0 Å². The normalized spacial score (nSPS) is 29.8. The Labute approximate surface area is 244 Å². The van der Waals surface area contributed by atoms with Crippen LogP contribution in [0.5, 0.6) is 11.5 Å². The van der Waals surface area contributed by atoms with Crippen molar-refractivity contribution in [3.63, 3.8) is 0 Å². The zero-order chi connectivity index (χ0) is 24.8. The van der Waals surface area contributed by atoms with Gasteiger partial charge < -0.3 is 49.8 Å². The molecule has 4 aliphatic heterocycles.